The van der Waals surface area contributed by atoms with Crippen molar-refractivity contribution >= 4 is 47.5 Å². The topological polar surface area (TPSA) is 103 Å². The van der Waals surface area contributed by atoms with Crippen molar-refractivity contribution in [3.8, 4) is 0 Å². The van der Waals surface area contributed by atoms with E-state index in [-0.39, 0.29) is 6.61 Å². The van der Waals surface area contributed by atoms with Crippen molar-refractivity contribution in [2.24, 2.45) is 7.05 Å². The van der Waals surface area contributed by atoms with Gasteiger partial charge in [0.25, 0.3) is 0 Å². The number of rotatable bonds is 8. The van der Waals surface area contributed by atoms with Gasteiger partial charge in [0.2, 0.25) is 19.1 Å². The first-order chi connectivity index (χ1) is 15.5. The van der Waals surface area contributed by atoms with Gasteiger partial charge in [-0.1, -0.05) is 11.6 Å². The number of halogens is 2. The van der Waals surface area contributed by atoms with Gasteiger partial charge in [-0.25, -0.2) is 0 Å². The Bertz CT molecular complexity index is 1310. The maximum absolute atomic E-state index is 13.8. The highest BCUT2D eigenvalue weighted by molar-refractivity contribution is 7.59. The largest absolute Gasteiger partial charge is 0.350 e. The van der Waals surface area contributed by atoms with Gasteiger partial charge >= 0.3 is 5.69 Å². The molecule has 8 nitrogen and oxygen atoms in total. The number of hydrogen-bond acceptors (Lipinski definition) is 5. The highest BCUT2D eigenvalue weighted by atomic mass is 35.5. The molecule has 0 radical (unpaired) electrons. The number of nitrogens with one attached hydrogen (secondary N) is 1. The molecule has 0 aliphatic heterocycles. The van der Waals surface area contributed by atoms with Crippen LogP contribution in [0.25, 0.3) is 17.0 Å². The molecule has 0 saturated heterocycles. The van der Waals surface area contributed by atoms with E-state index in [4.69, 9.17) is 16.1 Å². The first-order valence-corrected chi connectivity index (χ1v) is 12.4. The number of fused-ring (bicyclic) bond motifs is 1. The number of hydrogen-bond donors (Lipinski definition) is 1. The summed E-state index contributed by atoms with van der Waals surface area (Å²) in [6.45, 7) is 3.24. The standard InChI is InChI=1S/C22H22ClFN3O5P/c1-4-32-33(3,31)21(17-13-26(2)19-8-6-15(23)12-16(17)19)22(28)25-10-9-14-5-7-20(27(29)30)18(24)11-14/h5-13,21H,4H2,1-3H3,(H,25,28). The summed E-state index contributed by atoms with van der Waals surface area (Å²) in [7, 11) is -1.66. The van der Waals surface area contributed by atoms with Crippen LogP contribution >= 0.6 is 19.0 Å². The molecule has 0 fully saturated rings. The van der Waals surface area contributed by atoms with Crippen LogP contribution in [-0.2, 0) is 20.9 Å². The quantitative estimate of drug-likeness (QED) is 0.248. The van der Waals surface area contributed by atoms with Gasteiger partial charge in [0.1, 0.15) is 5.66 Å². The molecule has 0 spiro atoms. The molecule has 1 amide bonds. The average Bonchev–Trinajstić information content (AvgIpc) is 3.02. The number of aromatic nitrogens is 1. The summed E-state index contributed by atoms with van der Waals surface area (Å²) in [5.41, 5.74) is -0.161. The van der Waals surface area contributed by atoms with E-state index in [1.54, 1.807) is 38.4 Å². The Balaban J connectivity index is 1.94. The van der Waals surface area contributed by atoms with Crippen molar-refractivity contribution in [1.82, 2.24) is 9.88 Å². The van der Waals surface area contributed by atoms with Crippen LogP contribution in [0.2, 0.25) is 5.02 Å². The van der Waals surface area contributed by atoms with Crippen LogP contribution in [0, 0.1) is 15.9 Å². The number of carbonyl (C=O) groups is 1. The highest BCUT2D eigenvalue weighted by Gasteiger charge is 2.38. The molecule has 33 heavy (non-hydrogen) atoms. The molecular weight excluding hydrogens is 472 g/mol. The minimum Gasteiger partial charge on any atom is -0.350 e. The number of amides is 1. The maximum atomic E-state index is 13.8. The molecule has 0 saturated carbocycles. The average molecular weight is 494 g/mol. The van der Waals surface area contributed by atoms with Crippen molar-refractivity contribution in [2.75, 3.05) is 13.3 Å². The fraction of sp³-hybridized carbons (Fsp3) is 0.227. The third-order valence-electron chi connectivity index (χ3n) is 5.05. The number of nitro benzene ring substituents is 1. The van der Waals surface area contributed by atoms with Crippen molar-refractivity contribution in [3.63, 3.8) is 0 Å². The monoisotopic (exact) mass is 493 g/mol. The van der Waals surface area contributed by atoms with E-state index in [2.05, 4.69) is 5.32 Å². The van der Waals surface area contributed by atoms with E-state index < -0.39 is 35.4 Å². The summed E-state index contributed by atoms with van der Waals surface area (Å²) in [6, 6.07) is 8.60. The van der Waals surface area contributed by atoms with Gasteiger partial charge in [0.05, 0.1) is 11.5 Å². The normalized spacial score (nSPS) is 14.3. The van der Waals surface area contributed by atoms with Gasteiger partial charge < -0.3 is 14.4 Å². The van der Waals surface area contributed by atoms with Gasteiger partial charge in [-0.15, -0.1) is 0 Å². The highest BCUT2D eigenvalue weighted by Crippen LogP contribution is 2.58. The first-order valence-electron chi connectivity index (χ1n) is 9.92. The Labute approximate surface area is 194 Å². The summed E-state index contributed by atoms with van der Waals surface area (Å²) in [6.07, 6.45) is 4.36. The van der Waals surface area contributed by atoms with E-state index in [0.29, 0.717) is 21.5 Å². The molecular formula is C22H22ClFN3O5P. The van der Waals surface area contributed by atoms with Gasteiger partial charge in [-0.05, 0) is 54.5 Å². The van der Waals surface area contributed by atoms with Gasteiger partial charge in [0.15, 0.2) is 0 Å². The number of benzene rings is 2. The maximum Gasteiger partial charge on any atom is 0.304 e. The zero-order chi connectivity index (χ0) is 24.3. The number of aryl methyl sites for hydroxylation is 1. The SMILES string of the molecule is CCOP(C)(=O)C(C(=O)NC=Cc1ccc([N+](=O)[O-])c(F)c1)c1cn(C)c2ccc(Cl)cc12. The van der Waals surface area contributed by atoms with Crippen molar-refractivity contribution < 1.29 is 23.2 Å². The van der Waals surface area contributed by atoms with Crippen LogP contribution in [0.3, 0.4) is 0 Å². The molecule has 1 heterocycles. The summed E-state index contributed by atoms with van der Waals surface area (Å²) >= 11 is 6.16. The third-order valence-corrected chi connectivity index (χ3v) is 7.51. The van der Waals surface area contributed by atoms with Crippen LogP contribution in [-0.4, -0.2) is 28.7 Å². The minimum absolute atomic E-state index is 0.154. The van der Waals surface area contributed by atoms with Crippen LogP contribution in [0.5, 0.6) is 0 Å². The lowest BCUT2D eigenvalue weighted by atomic mass is 10.1. The lowest BCUT2D eigenvalue weighted by Crippen LogP contribution is -2.25. The second-order valence-electron chi connectivity index (χ2n) is 7.40. The molecule has 0 aliphatic carbocycles. The second kappa shape index (κ2) is 9.87. The predicted octanol–water partition coefficient (Wildman–Crippen LogP) is 5.65. The zero-order valence-corrected chi connectivity index (χ0v) is 19.8. The van der Waals surface area contributed by atoms with Gasteiger partial charge in [-0.2, -0.15) is 4.39 Å². The van der Waals surface area contributed by atoms with E-state index in [0.717, 1.165) is 17.6 Å². The zero-order valence-electron chi connectivity index (χ0n) is 18.1. The van der Waals surface area contributed by atoms with Crippen LogP contribution in [0.15, 0.2) is 48.8 Å². The molecule has 3 aromatic rings. The minimum atomic E-state index is -3.46. The van der Waals surface area contributed by atoms with E-state index in [1.165, 1.54) is 25.0 Å². The Kier molecular flexibility index (Phi) is 7.37. The predicted molar refractivity (Wildman–Crippen MR) is 126 cm³/mol. The Morgan fingerprint density at radius 2 is 2.09 bits per heavy atom. The summed E-state index contributed by atoms with van der Waals surface area (Å²) in [5, 5.41) is 14.5. The van der Waals surface area contributed by atoms with Crippen molar-refractivity contribution in [3.05, 3.63) is 80.9 Å². The van der Waals surface area contributed by atoms with Crippen LogP contribution in [0.4, 0.5) is 10.1 Å². The molecule has 3 rings (SSSR count). The molecule has 2 aromatic carbocycles. The number of nitro groups is 1. The third kappa shape index (κ3) is 5.33. The molecule has 2 atom stereocenters. The molecule has 1 N–H and O–H groups in total. The van der Waals surface area contributed by atoms with Crippen molar-refractivity contribution in [2.45, 2.75) is 12.6 Å². The lowest BCUT2D eigenvalue weighted by Gasteiger charge is -2.22. The summed E-state index contributed by atoms with van der Waals surface area (Å²) < 4.78 is 34.5. The van der Waals surface area contributed by atoms with E-state index in [1.807, 2.05) is 4.57 Å². The summed E-state index contributed by atoms with van der Waals surface area (Å²) in [5.74, 6) is -1.58. The smallest absolute Gasteiger partial charge is 0.304 e. The van der Waals surface area contributed by atoms with Gasteiger partial charge in [-0.3, -0.25) is 19.5 Å². The second-order valence-corrected chi connectivity index (χ2v) is 10.4. The molecule has 0 aliphatic rings. The number of carbonyl (C=O) groups excluding carboxylic acids is 1. The fourth-order valence-electron chi connectivity index (χ4n) is 3.62. The number of nitrogens with zero attached hydrogens (tertiary/aromatic N) is 2. The molecule has 0 bridgehead atoms. The summed E-state index contributed by atoms with van der Waals surface area (Å²) in [4.78, 5) is 23.1. The fourth-order valence-corrected chi connectivity index (χ4v) is 5.67. The molecule has 11 heteroatoms. The van der Waals surface area contributed by atoms with E-state index in [9.17, 15) is 23.9 Å². The first kappa shape index (κ1) is 24.6. The lowest BCUT2D eigenvalue weighted by molar-refractivity contribution is -0.387. The van der Waals surface area contributed by atoms with Crippen LogP contribution in [0.1, 0.15) is 23.7 Å². The molecule has 174 valence electrons. The van der Waals surface area contributed by atoms with E-state index >= 15 is 0 Å². The van der Waals surface area contributed by atoms with Crippen LogP contribution < -0.4 is 5.32 Å². The Morgan fingerprint density at radius 1 is 1.36 bits per heavy atom. The molecule has 2 unspecified atom stereocenters. The van der Waals surface area contributed by atoms with Crippen molar-refractivity contribution in [1.29, 1.82) is 0 Å². The molecule has 1 aromatic heterocycles. The Hall–Kier alpha value is -3.00. The Morgan fingerprint density at radius 3 is 2.73 bits per heavy atom. The van der Waals surface area contributed by atoms with Gasteiger partial charge in [0, 0.05) is 48.1 Å².